The number of rotatable bonds is 3. The van der Waals surface area contributed by atoms with E-state index in [-0.39, 0.29) is 11.9 Å². The van der Waals surface area contributed by atoms with Gasteiger partial charge in [-0.15, -0.1) is 0 Å². The second kappa shape index (κ2) is 5.30. The first-order chi connectivity index (χ1) is 8.15. The van der Waals surface area contributed by atoms with Crippen molar-refractivity contribution in [1.29, 1.82) is 0 Å². The first kappa shape index (κ1) is 12.1. The predicted molar refractivity (Wildman–Crippen MR) is 68.5 cm³/mol. The second-order valence-corrected chi connectivity index (χ2v) is 4.43. The first-order valence-electron chi connectivity index (χ1n) is 5.40. The number of benzene rings is 2. The summed E-state index contributed by atoms with van der Waals surface area (Å²) < 4.78 is 13.1. The molecule has 2 rings (SSSR count). The quantitative estimate of drug-likeness (QED) is 0.882. The topological polar surface area (TPSA) is 26.0 Å². The Bertz CT molecular complexity index is 513. The molecule has 0 amide bonds. The predicted octanol–water partition coefficient (Wildman–Crippen LogP) is 3.72. The Morgan fingerprint density at radius 2 is 1.88 bits per heavy atom. The summed E-state index contributed by atoms with van der Waals surface area (Å²) in [6.45, 7) is 0. The zero-order valence-corrected chi connectivity index (χ0v) is 9.99. The van der Waals surface area contributed by atoms with Crippen LogP contribution in [0.5, 0.6) is 0 Å². The lowest BCUT2D eigenvalue weighted by atomic mass is 10.00. The van der Waals surface area contributed by atoms with E-state index in [1.807, 2.05) is 30.3 Å². The monoisotopic (exact) mass is 249 g/mol. The minimum Gasteiger partial charge on any atom is -0.324 e. The molecule has 17 heavy (non-hydrogen) atoms. The van der Waals surface area contributed by atoms with E-state index >= 15 is 0 Å². The fraction of sp³-hybridized carbons (Fsp3) is 0.143. The van der Waals surface area contributed by atoms with E-state index in [1.54, 1.807) is 6.07 Å². The average Bonchev–Trinajstić information content (AvgIpc) is 2.29. The summed E-state index contributed by atoms with van der Waals surface area (Å²) in [5.41, 5.74) is 7.88. The van der Waals surface area contributed by atoms with Crippen molar-refractivity contribution in [2.45, 2.75) is 12.5 Å². The third-order valence-electron chi connectivity index (χ3n) is 2.62. The Kier molecular flexibility index (Phi) is 3.77. The summed E-state index contributed by atoms with van der Waals surface area (Å²) >= 11 is 5.90. The molecule has 3 heteroatoms. The van der Waals surface area contributed by atoms with Gasteiger partial charge < -0.3 is 5.73 Å². The van der Waals surface area contributed by atoms with Gasteiger partial charge in [0.15, 0.2) is 0 Å². The van der Waals surface area contributed by atoms with Gasteiger partial charge in [-0.25, -0.2) is 4.39 Å². The van der Waals surface area contributed by atoms with Crippen LogP contribution in [0.3, 0.4) is 0 Å². The maximum Gasteiger partial charge on any atom is 0.123 e. The molecule has 1 nitrogen and oxygen atoms in total. The van der Waals surface area contributed by atoms with E-state index in [2.05, 4.69) is 0 Å². The molecule has 2 N–H and O–H groups in total. The molecule has 0 aliphatic carbocycles. The Morgan fingerprint density at radius 1 is 1.12 bits per heavy atom. The van der Waals surface area contributed by atoms with Crippen LogP contribution in [0.1, 0.15) is 17.2 Å². The van der Waals surface area contributed by atoms with Gasteiger partial charge in [-0.05, 0) is 41.8 Å². The molecule has 0 radical (unpaired) electrons. The van der Waals surface area contributed by atoms with Crippen molar-refractivity contribution in [1.82, 2.24) is 0 Å². The molecule has 0 bridgehead atoms. The molecule has 1 atom stereocenters. The molecule has 0 aromatic heterocycles. The van der Waals surface area contributed by atoms with Crippen LogP contribution in [0, 0.1) is 5.82 Å². The molecule has 1 unspecified atom stereocenters. The molecule has 0 saturated heterocycles. The van der Waals surface area contributed by atoms with Crippen molar-refractivity contribution >= 4 is 11.6 Å². The fourth-order valence-electron chi connectivity index (χ4n) is 1.77. The minimum atomic E-state index is -0.260. The molecule has 0 aliphatic rings. The normalized spacial score (nSPS) is 12.4. The summed E-state index contributed by atoms with van der Waals surface area (Å²) in [6.07, 6.45) is 0.643. The van der Waals surface area contributed by atoms with Gasteiger partial charge in [0.2, 0.25) is 0 Å². The number of halogens is 2. The summed E-state index contributed by atoms with van der Waals surface area (Å²) in [7, 11) is 0. The van der Waals surface area contributed by atoms with E-state index in [0.717, 1.165) is 11.1 Å². The van der Waals surface area contributed by atoms with Gasteiger partial charge in [0.25, 0.3) is 0 Å². The van der Waals surface area contributed by atoms with E-state index in [0.29, 0.717) is 11.4 Å². The average molecular weight is 250 g/mol. The molecule has 0 saturated carbocycles. The second-order valence-electron chi connectivity index (χ2n) is 4.00. The van der Waals surface area contributed by atoms with Crippen LogP contribution in [0.2, 0.25) is 5.02 Å². The highest BCUT2D eigenvalue weighted by Gasteiger charge is 2.08. The van der Waals surface area contributed by atoms with Gasteiger partial charge in [0, 0.05) is 11.1 Å². The Balaban J connectivity index is 2.14. The largest absolute Gasteiger partial charge is 0.324 e. The van der Waals surface area contributed by atoms with Crippen molar-refractivity contribution < 1.29 is 4.39 Å². The van der Waals surface area contributed by atoms with Gasteiger partial charge >= 0.3 is 0 Å². The van der Waals surface area contributed by atoms with Crippen LogP contribution in [0.4, 0.5) is 4.39 Å². The van der Waals surface area contributed by atoms with Gasteiger partial charge in [0.05, 0.1) is 0 Å². The van der Waals surface area contributed by atoms with Crippen LogP contribution in [-0.4, -0.2) is 0 Å². The summed E-state index contributed by atoms with van der Waals surface area (Å²) in [5, 5.41) is 0.689. The highest BCUT2D eigenvalue weighted by atomic mass is 35.5. The number of nitrogens with two attached hydrogens (primary N) is 1. The molecule has 0 fully saturated rings. The van der Waals surface area contributed by atoms with Crippen LogP contribution in [-0.2, 0) is 6.42 Å². The zero-order valence-electron chi connectivity index (χ0n) is 9.24. The number of hydrogen-bond donors (Lipinski definition) is 1. The summed E-state index contributed by atoms with van der Waals surface area (Å²) in [4.78, 5) is 0. The lowest BCUT2D eigenvalue weighted by molar-refractivity contribution is 0.618. The molecule has 2 aromatic rings. The molecule has 2 aromatic carbocycles. The third kappa shape index (κ3) is 3.29. The fourth-order valence-corrected chi connectivity index (χ4v) is 1.99. The lowest BCUT2D eigenvalue weighted by Crippen LogP contribution is -2.13. The van der Waals surface area contributed by atoms with E-state index in [9.17, 15) is 4.39 Å². The SMILES string of the molecule is NC(Cc1cccc(Cl)c1)c1cccc(F)c1. The standard InChI is InChI=1S/C14H13ClFN/c15-12-5-1-3-10(7-12)8-14(17)11-4-2-6-13(16)9-11/h1-7,9,14H,8,17H2. The molecule has 0 spiro atoms. The summed E-state index contributed by atoms with van der Waals surface area (Å²) in [6, 6.07) is 13.7. The van der Waals surface area contributed by atoms with Crippen molar-refractivity contribution in [2.24, 2.45) is 5.73 Å². The lowest BCUT2D eigenvalue weighted by Gasteiger charge is -2.12. The highest BCUT2D eigenvalue weighted by Crippen LogP contribution is 2.19. The van der Waals surface area contributed by atoms with Crippen molar-refractivity contribution in [3.05, 3.63) is 70.5 Å². The van der Waals surface area contributed by atoms with Gasteiger partial charge in [-0.1, -0.05) is 35.9 Å². The Morgan fingerprint density at radius 3 is 2.59 bits per heavy atom. The zero-order chi connectivity index (χ0) is 12.3. The van der Waals surface area contributed by atoms with E-state index < -0.39 is 0 Å². The van der Waals surface area contributed by atoms with E-state index in [4.69, 9.17) is 17.3 Å². The minimum absolute atomic E-state index is 0.218. The maximum absolute atomic E-state index is 13.1. The van der Waals surface area contributed by atoms with E-state index in [1.165, 1.54) is 12.1 Å². The van der Waals surface area contributed by atoms with Crippen LogP contribution < -0.4 is 5.73 Å². The van der Waals surface area contributed by atoms with Gasteiger partial charge in [0.1, 0.15) is 5.82 Å². The van der Waals surface area contributed by atoms with Gasteiger partial charge in [-0.2, -0.15) is 0 Å². The Hall–Kier alpha value is -1.38. The van der Waals surface area contributed by atoms with Crippen LogP contribution in [0.25, 0.3) is 0 Å². The smallest absolute Gasteiger partial charge is 0.123 e. The van der Waals surface area contributed by atoms with Crippen LogP contribution in [0.15, 0.2) is 48.5 Å². The third-order valence-corrected chi connectivity index (χ3v) is 2.86. The first-order valence-corrected chi connectivity index (χ1v) is 5.78. The molecular weight excluding hydrogens is 237 g/mol. The molecular formula is C14H13ClFN. The number of hydrogen-bond acceptors (Lipinski definition) is 1. The maximum atomic E-state index is 13.1. The van der Waals surface area contributed by atoms with Gasteiger partial charge in [-0.3, -0.25) is 0 Å². The highest BCUT2D eigenvalue weighted by molar-refractivity contribution is 6.30. The van der Waals surface area contributed by atoms with Crippen molar-refractivity contribution in [3.63, 3.8) is 0 Å². The van der Waals surface area contributed by atoms with Crippen LogP contribution >= 0.6 is 11.6 Å². The molecule has 0 aliphatic heterocycles. The molecule has 0 heterocycles. The molecule has 88 valence electrons. The van der Waals surface area contributed by atoms with Crippen molar-refractivity contribution in [3.8, 4) is 0 Å². The Labute approximate surface area is 105 Å². The summed E-state index contributed by atoms with van der Waals surface area (Å²) in [5.74, 6) is -0.260. The van der Waals surface area contributed by atoms with Crippen molar-refractivity contribution in [2.75, 3.05) is 0 Å².